The van der Waals surface area contributed by atoms with Crippen LogP contribution in [0.15, 0.2) is 54.6 Å². The average Bonchev–Trinajstić information content (AvgIpc) is 2.61. The zero-order chi connectivity index (χ0) is 17.6. The average molecular weight is 351 g/mol. The number of aryl methyl sites for hydroxylation is 1. The number of rotatable bonds is 6. The molecule has 3 N–H and O–H groups in total. The van der Waals surface area contributed by atoms with E-state index in [2.05, 4.69) is 58.4 Å². The molecule has 1 heterocycles. The van der Waals surface area contributed by atoms with Gasteiger partial charge in [0.1, 0.15) is 5.82 Å². The highest BCUT2D eigenvalue weighted by Crippen LogP contribution is 2.29. The lowest BCUT2D eigenvalue weighted by atomic mass is 10.2. The monoisotopic (exact) mass is 351 g/mol. The van der Waals surface area contributed by atoms with Crippen molar-refractivity contribution in [2.24, 2.45) is 0 Å². The first-order valence-corrected chi connectivity index (χ1v) is 9.16. The summed E-state index contributed by atoms with van der Waals surface area (Å²) in [6.45, 7) is 4.17. The SMILES string of the molecule is Cc1ccc(CSC(C)c2nc(N)nc(Nc3ccccc3)n2)cc1. The third-order valence-corrected chi connectivity index (χ3v) is 4.89. The Morgan fingerprint density at radius 3 is 2.44 bits per heavy atom. The zero-order valence-corrected chi connectivity index (χ0v) is 15.1. The Balaban J connectivity index is 1.69. The molecule has 0 saturated carbocycles. The second-order valence-corrected chi connectivity index (χ2v) is 7.13. The summed E-state index contributed by atoms with van der Waals surface area (Å²) in [5, 5.41) is 3.28. The number of nitrogens with one attached hydrogen (secondary N) is 1. The molecule has 0 fully saturated rings. The second-order valence-electron chi connectivity index (χ2n) is 5.81. The molecule has 3 rings (SSSR count). The van der Waals surface area contributed by atoms with E-state index >= 15 is 0 Å². The first-order chi connectivity index (χ1) is 12.1. The van der Waals surface area contributed by atoms with E-state index in [1.807, 2.05) is 30.3 Å². The molecule has 0 saturated heterocycles. The van der Waals surface area contributed by atoms with Crippen molar-refractivity contribution >= 4 is 29.3 Å². The Morgan fingerprint density at radius 1 is 1.00 bits per heavy atom. The number of nitrogens with two attached hydrogens (primary N) is 1. The van der Waals surface area contributed by atoms with Crippen LogP contribution in [0, 0.1) is 6.92 Å². The van der Waals surface area contributed by atoms with Gasteiger partial charge in [0.2, 0.25) is 11.9 Å². The Morgan fingerprint density at radius 2 is 1.72 bits per heavy atom. The van der Waals surface area contributed by atoms with Crippen molar-refractivity contribution in [2.75, 3.05) is 11.1 Å². The minimum absolute atomic E-state index is 0.114. The fourth-order valence-electron chi connectivity index (χ4n) is 2.28. The molecule has 3 aromatic rings. The summed E-state index contributed by atoms with van der Waals surface area (Å²) >= 11 is 1.78. The van der Waals surface area contributed by atoms with Crippen LogP contribution >= 0.6 is 11.8 Å². The number of hydrogen-bond donors (Lipinski definition) is 2. The summed E-state index contributed by atoms with van der Waals surface area (Å²) in [5.74, 6) is 2.28. The van der Waals surface area contributed by atoms with Crippen LogP contribution in [0.2, 0.25) is 0 Å². The maximum absolute atomic E-state index is 5.86. The van der Waals surface area contributed by atoms with Crippen molar-refractivity contribution < 1.29 is 0 Å². The molecule has 5 nitrogen and oxygen atoms in total. The van der Waals surface area contributed by atoms with Crippen molar-refractivity contribution in [1.82, 2.24) is 15.0 Å². The summed E-state index contributed by atoms with van der Waals surface area (Å²) in [7, 11) is 0. The lowest BCUT2D eigenvalue weighted by molar-refractivity contribution is 0.896. The van der Waals surface area contributed by atoms with Crippen molar-refractivity contribution in [3.63, 3.8) is 0 Å². The molecule has 1 aromatic heterocycles. The molecule has 0 amide bonds. The minimum Gasteiger partial charge on any atom is -0.368 e. The number of thioether (sulfide) groups is 1. The van der Waals surface area contributed by atoms with Gasteiger partial charge in [0.15, 0.2) is 0 Å². The molecule has 1 atom stereocenters. The van der Waals surface area contributed by atoms with E-state index in [1.54, 1.807) is 11.8 Å². The van der Waals surface area contributed by atoms with Crippen LogP contribution in [-0.4, -0.2) is 15.0 Å². The quantitative estimate of drug-likeness (QED) is 0.681. The van der Waals surface area contributed by atoms with Gasteiger partial charge in [-0.3, -0.25) is 0 Å². The normalized spacial score (nSPS) is 11.9. The Labute approximate surface area is 152 Å². The molecule has 0 aliphatic heterocycles. The fourth-order valence-corrected chi connectivity index (χ4v) is 3.17. The third kappa shape index (κ3) is 4.93. The molecule has 0 aliphatic rings. The van der Waals surface area contributed by atoms with Crippen LogP contribution in [0.5, 0.6) is 0 Å². The largest absolute Gasteiger partial charge is 0.368 e. The summed E-state index contributed by atoms with van der Waals surface area (Å²) < 4.78 is 0. The lowest BCUT2D eigenvalue weighted by Crippen LogP contribution is -2.08. The Hall–Kier alpha value is -2.60. The molecule has 0 spiro atoms. The van der Waals surface area contributed by atoms with Crippen molar-refractivity contribution in [1.29, 1.82) is 0 Å². The van der Waals surface area contributed by atoms with Gasteiger partial charge in [0, 0.05) is 11.4 Å². The number of para-hydroxylation sites is 1. The lowest BCUT2D eigenvalue weighted by Gasteiger charge is -2.12. The summed E-state index contributed by atoms with van der Waals surface area (Å²) in [4.78, 5) is 13.0. The highest BCUT2D eigenvalue weighted by Gasteiger charge is 2.13. The number of aromatic nitrogens is 3. The standard InChI is InChI=1S/C19H21N5S/c1-13-8-10-15(11-9-13)12-25-14(2)17-22-18(20)24-19(23-17)21-16-6-4-3-5-7-16/h3-11,14H,12H2,1-2H3,(H3,20,21,22,23,24). The number of nitrogens with zero attached hydrogens (tertiary/aromatic N) is 3. The Bertz CT molecular complexity index is 821. The summed E-state index contributed by atoms with van der Waals surface area (Å²) in [6.07, 6.45) is 0. The van der Waals surface area contributed by atoms with E-state index in [9.17, 15) is 0 Å². The first kappa shape index (κ1) is 17.2. The molecule has 1 unspecified atom stereocenters. The van der Waals surface area contributed by atoms with E-state index in [0.717, 1.165) is 11.4 Å². The van der Waals surface area contributed by atoms with Gasteiger partial charge in [-0.25, -0.2) is 0 Å². The van der Waals surface area contributed by atoms with E-state index < -0.39 is 0 Å². The van der Waals surface area contributed by atoms with E-state index in [1.165, 1.54) is 11.1 Å². The molecule has 0 bridgehead atoms. The van der Waals surface area contributed by atoms with Gasteiger partial charge in [0.05, 0.1) is 5.25 Å². The number of nitrogen functional groups attached to an aromatic ring is 1. The predicted molar refractivity (Wildman–Crippen MR) is 105 cm³/mol. The maximum atomic E-state index is 5.86. The molecule has 128 valence electrons. The van der Waals surface area contributed by atoms with E-state index in [0.29, 0.717) is 11.8 Å². The number of benzene rings is 2. The highest BCUT2D eigenvalue weighted by atomic mass is 32.2. The van der Waals surface area contributed by atoms with Crippen molar-refractivity contribution in [2.45, 2.75) is 24.9 Å². The molecular formula is C19H21N5S. The minimum atomic E-state index is 0.114. The zero-order valence-electron chi connectivity index (χ0n) is 14.3. The van der Waals surface area contributed by atoms with Gasteiger partial charge in [-0.15, -0.1) is 11.8 Å². The third-order valence-electron chi connectivity index (χ3n) is 3.68. The number of anilines is 3. The fraction of sp³-hybridized carbons (Fsp3) is 0.211. The molecule has 0 radical (unpaired) electrons. The summed E-state index contributed by atoms with van der Waals surface area (Å²) in [6, 6.07) is 18.3. The van der Waals surface area contributed by atoms with Crippen LogP contribution in [0.3, 0.4) is 0 Å². The second kappa shape index (κ2) is 7.98. The summed E-state index contributed by atoms with van der Waals surface area (Å²) in [5.41, 5.74) is 9.33. The van der Waals surface area contributed by atoms with Crippen LogP contribution in [0.4, 0.5) is 17.6 Å². The van der Waals surface area contributed by atoms with E-state index in [-0.39, 0.29) is 11.2 Å². The first-order valence-electron chi connectivity index (χ1n) is 8.11. The van der Waals surface area contributed by atoms with Gasteiger partial charge in [-0.2, -0.15) is 15.0 Å². The van der Waals surface area contributed by atoms with Gasteiger partial charge < -0.3 is 11.1 Å². The van der Waals surface area contributed by atoms with Gasteiger partial charge >= 0.3 is 0 Å². The molecule has 6 heteroatoms. The molecule has 2 aromatic carbocycles. The maximum Gasteiger partial charge on any atom is 0.232 e. The van der Waals surface area contributed by atoms with Crippen molar-refractivity contribution in [3.8, 4) is 0 Å². The Kier molecular flexibility index (Phi) is 5.50. The molecule has 0 aliphatic carbocycles. The van der Waals surface area contributed by atoms with Crippen molar-refractivity contribution in [3.05, 3.63) is 71.5 Å². The van der Waals surface area contributed by atoms with Crippen LogP contribution in [0.1, 0.15) is 29.1 Å². The number of hydrogen-bond acceptors (Lipinski definition) is 6. The molecule has 25 heavy (non-hydrogen) atoms. The van der Waals surface area contributed by atoms with E-state index in [4.69, 9.17) is 5.73 Å². The van der Waals surface area contributed by atoms with Gasteiger partial charge in [0.25, 0.3) is 0 Å². The van der Waals surface area contributed by atoms with Crippen LogP contribution in [0.25, 0.3) is 0 Å². The van der Waals surface area contributed by atoms with Crippen LogP contribution in [-0.2, 0) is 5.75 Å². The molecular weight excluding hydrogens is 330 g/mol. The highest BCUT2D eigenvalue weighted by molar-refractivity contribution is 7.98. The van der Waals surface area contributed by atoms with Gasteiger partial charge in [-0.05, 0) is 31.5 Å². The van der Waals surface area contributed by atoms with Gasteiger partial charge in [-0.1, -0.05) is 48.0 Å². The topological polar surface area (TPSA) is 76.7 Å². The predicted octanol–water partition coefficient (Wildman–Crippen LogP) is 4.50. The smallest absolute Gasteiger partial charge is 0.232 e. The van der Waals surface area contributed by atoms with Crippen LogP contribution < -0.4 is 11.1 Å².